The summed E-state index contributed by atoms with van der Waals surface area (Å²) in [4.78, 5) is 11.1. The van der Waals surface area contributed by atoms with Gasteiger partial charge in [-0.15, -0.1) is 0 Å². The minimum absolute atomic E-state index is 0.0429. The van der Waals surface area contributed by atoms with Crippen molar-refractivity contribution < 1.29 is 14.3 Å². The molecule has 0 saturated carbocycles. The van der Waals surface area contributed by atoms with Crippen molar-refractivity contribution >= 4 is 5.97 Å². The molecule has 0 heterocycles. The number of benzene rings is 1. The summed E-state index contributed by atoms with van der Waals surface area (Å²) in [7, 11) is 0. The van der Waals surface area contributed by atoms with Crippen molar-refractivity contribution in [1.29, 1.82) is 0 Å². The maximum absolute atomic E-state index is 11.1. The zero-order chi connectivity index (χ0) is 14.1. The zero-order valence-corrected chi connectivity index (χ0v) is 11.9. The highest BCUT2D eigenvalue weighted by Crippen LogP contribution is 2.12. The number of rotatable bonds is 8. The van der Waals surface area contributed by atoms with Gasteiger partial charge in [-0.25, -0.2) is 4.79 Å². The second-order valence-electron chi connectivity index (χ2n) is 4.76. The molecule has 0 aromatic heterocycles. The highest BCUT2D eigenvalue weighted by Gasteiger charge is 2.03. The van der Waals surface area contributed by atoms with E-state index in [9.17, 15) is 4.79 Å². The largest absolute Gasteiger partial charge is 0.482 e. The van der Waals surface area contributed by atoms with Crippen LogP contribution in [0.25, 0.3) is 0 Å². The van der Waals surface area contributed by atoms with Crippen LogP contribution in [0, 0.1) is 5.92 Å². The molecule has 0 unspecified atom stereocenters. The van der Waals surface area contributed by atoms with E-state index in [0.29, 0.717) is 18.3 Å². The molecule has 0 radical (unpaired) electrons. The quantitative estimate of drug-likeness (QED) is 0.733. The van der Waals surface area contributed by atoms with Crippen LogP contribution in [0.2, 0.25) is 0 Å². The zero-order valence-electron chi connectivity index (χ0n) is 11.9. The third-order valence-electron chi connectivity index (χ3n) is 2.47. The Kier molecular flexibility index (Phi) is 6.97. The predicted molar refractivity (Wildman–Crippen MR) is 75.1 cm³/mol. The third kappa shape index (κ3) is 6.82. The summed E-state index contributed by atoms with van der Waals surface area (Å²) in [5, 5.41) is 3.37. The normalized spacial score (nSPS) is 10.5. The molecule has 1 aromatic carbocycles. The van der Waals surface area contributed by atoms with E-state index in [0.717, 1.165) is 13.1 Å². The average molecular weight is 265 g/mol. The van der Waals surface area contributed by atoms with Crippen molar-refractivity contribution in [3.05, 3.63) is 29.8 Å². The molecule has 0 amide bonds. The first-order valence-electron chi connectivity index (χ1n) is 6.70. The summed E-state index contributed by atoms with van der Waals surface area (Å²) in [6.07, 6.45) is 0. The molecule has 0 spiro atoms. The van der Waals surface area contributed by atoms with E-state index in [-0.39, 0.29) is 12.6 Å². The number of esters is 1. The molecule has 0 aliphatic heterocycles. The van der Waals surface area contributed by atoms with Gasteiger partial charge in [0.05, 0.1) is 6.61 Å². The minimum atomic E-state index is -0.342. The Hall–Kier alpha value is -1.55. The number of ether oxygens (including phenoxy) is 2. The summed E-state index contributed by atoms with van der Waals surface area (Å²) in [6, 6.07) is 7.72. The fourth-order valence-electron chi connectivity index (χ4n) is 1.55. The second-order valence-corrected chi connectivity index (χ2v) is 4.76. The van der Waals surface area contributed by atoms with Crippen LogP contribution in [0.1, 0.15) is 26.3 Å². The maximum Gasteiger partial charge on any atom is 0.344 e. The van der Waals surface area contributed by atoms with Crippen LogP contribution in [-0.4, -0.2) is 25.7 Å². The number of carbonyl (C=O) groups is 1. The van der Waals surface area contributed by atoms with Gasteiger partial charge in [0.25, 0.3) is 0 Å². The molecule has 19 heavy (non-hydrogen) atoms. The highest BCUT2D eigenvalue weighted by atomic mass is 16.6. The lowest BCUT2D eigenvalue weighted by Gasteiger charge is -2.09. The Balaban J connectivity index is 2.33. The first-order chi connectivity index (χ1) is 9.11. The van der Waals surface area contributed by atoms with Gasteiger partial charge in [0.1, 0.15) is 5.75 Å². The smallest absolute Gasteiger partial charge is 0.344 e. The first-order valence-corrected chi connectivity index (χ1v) is 6.70. The van der Waals surface area contributed by atoms with Crippen LogP contribution in [0.15, 0.2) is 24.3 Å². The number of hydrogen-bond donors (Lipinski definition) is 1. The van der Waals surface area contributed by atoms with Gasteiger partial charge in [-0.3, -0.25) is 0 Å². The monoisotopic (exact) mass is 265 g/mol. The molecule has 1 aromatic rings. The fraction of sp³-hybridized carbons (Fsp3) is 0.533. The molecule has 0 saturated heterocycles. The predicted octanol–water partition coefficient (Wildman–Crippen LogP) is 2.37. The van der Waals surface area contributed by atoms with Gasteiger partial charge in [0, 0.05) is 6.54 Å². The molecule has 1 N–H and O–H groups in total. The summed E-state index contributed by atoms with van der Waals surface area (Å²) >= 11 is 0. The average Bonchev–Trinajstić information content (AvgIpc) is 2.38. The van der Waals surface area contributed by atoms with Gasteiger partial charge < -0.3 is 14.8 Å². The van der Waals surface area contributed by atoms with Crippen molar-refractivity contribution in [3.8, 4) is 5.75 Å². The number of carbonyl (C=O) groups excluding carboxylic acids is 1. The van der Waals surface area contributed by atoms with Gasteiger partial charge in [0.15, 0.2) is 6.61 Å². The molecule has 1 rings (SSSR count). The molecule has 0 aliphatic rings. The van der Waals surface area contributed by atoms with Crippen LogP contribution >= 0.6 is 0 Å². The Morgan fingerprint density at radius 1 is 1.26 bits per heavy atom. The summed E-state index contributed by atoms with van der Waals surface area (Å²) in [5.74, 6) is 0.984. The maximum atomic E-state index is 11.1. The third-order valence-corrected chi connectivity index (χ3v) is 2.47. The lowest BCUT2D eigenvalue weighted by Crippen LogP contribution is -2.18. The standard InChI is InChI=1S/C15H23NO3/c1-4-18-15(17)11-19-14-7-5-13(6-8-14)10-16-9-12(2)3/h5-8,12,16H,4,9-11H2,1-3H3. The molecule has 0 aliphatic carbocycles. The number of hydrogen-bond acceptors (Lipinski definition) is 4. The van der Waals surface area contributed by atoms with Crippen molar-refractivity contribution in [2.45, 2.75) is 27.3 Å². The molecular weight excluding hydrogens is 242 g/mol. The number of nitrogens with one attached hydrogen (secondary N) is 1. The van der Waals surface area contributed by atoms with Crippen LogP contribution in [0.5, 0.6) is 5.75 Å². The van der Waals surface area contributed by atoms with Crippen LogP contribution in [-0.2, 0) is 16.1 Å². The van der Waals surface area contributed by atoms with Crippen molar-refractivity contribution in [2.75, 3.05) is 19.8 Å². The van der Waals surface area contributed by atoms with E-state index >= 15 is 0 Å². The van der Waals surface area contributed by atoms with Crippen LogP contribution < -0.4 is 10.1 Å². The Morgan fingerprint density at radius 2 is 1.95 bits per heavy atom. The van der Waals surface area contributed by atoms with Gasteiger partial charge in [0.2, 0.25) is 0 Å². The summed E-state index contributed by atoms with van der Waals surface area (Å²) in [6.45, 7) is 8.31. The fourth-order valence-corrected chi connectivity index (χ4v) is 1.55. The Morgan fingerprint density at radius 3 is 2.53 bits per heavy atom. The van der Waals surface area contributed by atoms with E-state index in [4.69, 9.17) is 9.47 Å². The molecule has 0 bridgehead atoms. The molecule has 4 nitrogen and oxygen atoms in total. The molecule has 4 heteroatoms. The molecular formula is C15H23NO3. The van der Waals surface area contributed by atoms with Crippen molar-refractivity contribution in [2.24, 2.45) is 5.92 Å². The lowest BCUT2D eigenvalue weighted by molar-refractivity contribution is -0.145. The molecule has 106 valence electrons. The van der Waals surface area contributed by atoms with Crippen LogP contribution in [0.4, 0.5) is 0 Å². The topological polar surface area (TPSA) is 47.6 Å². The van der Waals surface area contributed by atoms with Gasteiger partial charge in [-0.05, 0) is 37.1 Å². The Labute approximate surface area is 115 Å². The van der Waals surface area contributed by atoms with Gasteiger partial charge >= 0.3 is 5.97 Å². The highest BCUT2D eigenvalue weighted by molar-refractivity contribution is 5.71. The van der Waals surface area contributed by atoms with E-state index < -0.39 is 0 Å². The molecule has 0 atom stereocenters. The van der Waals surface area contributed by atoms with Crippen LogP contribution in [0.3, 0.4) is 0 Å². The van der Waals surface area contributed by atoms with Crippen molar-refractivity contribution in [1.82, 2.24) is 5.32 Å². The van der Waals surface area contributed by atoms with Gasteiger partial charge in [-0.1, -0.05) is 26.0 Å². The Bertz CT molecular complexity index is 373. The van der Waals surface area contributed by atoms with E-state index in [2.05, 4.69) is 19.2 Å². The summed E-state index contributed by atoms with van der Waals surface area (Å²) < 4.78 is 10.1. The molecule has 0 fully saturated rings. The minimum Gasteiger partial charge on any atom is -0.482 e. The second kappa shape index (κ2) is 8.53. The van der Waals surface area contributed by atoms with E-state index in [1.165, 1.54) is 5.56 Å². The van der Waals surface area contributed by atoms with Gasteiger partial charge in [-0.2, -0.15) is 0 Å². The van der Waals surface area contributed by atoms with E-state index in [1.807, 2.05) is 24.3 Å². The SMILES string of the molecule is CCOC(=O)COc1ccc(CNCC(C)C)cc1. The summed E-state index contributed by atoms with van der Waals surface area (Å²) in [5.41, 5.74) is 1.20. The van der Waals surface area contributed by atoms with Crippen molar-refractivity contribution in [3.63, 3.8) is 0 Å². The lowest BCUT2D eigenvalue weighted by atomic mass is 10.2. The first kappa shape index (κ1) is 15.5. The van der Waals surface area contributed by atoms with E-state index in [1.54, 1.807) is 6.92 Å².